The van der Waals surface area contributed by atoms with Gasteiger partial charge in [0.15, 0.2) is 0 Å². The van der Waals surface area contributed by atoms with E-state index in [9.17, 15) is 0 Å². The molecule has 0 aliphatic rings. The third-order valence-corrected chi connectivity index (χ3v) is 4.26. The maximum atomic E-state index is 4.60. The number of nitrogens with zero attached hydrogens (tertiary/aromatic N) is 2. The van der Waals surface area contributed by atoms with Gasteiger partial charge in [0.1, 0.15) is 0 Å². The third kappa shape index (κ3) is 6.69. The van der Waals surface area contributed by atoms with Gasteiger partial charge in [0.05, 0.1) is 11.4 Å². The van der Waals surface area contributed by atoms with E-state index in [4.69, 9.17) is 0 Å². The highest BCUT2D eigenvalue weighted by Crippen LogP contribution is 2.25. The Morgan fingerprint density at radius 1 is 0.759 bits per heavy atom. The van der Waals surface area contributed by atoms with Crippen molar-refractivity contribution in [2.24, 2.45) is 0 Å². The zero-order valence-corrected chi connectivity index (χ0v) is 17.8. The Hall–Kier alpha value is -3.26. The quantitative estimate of drug-likeness (QED) is 0.439. The van der Waals surface area contributed by atoms with E-state index < -0.39 is 0 Å². The van der Waals surface area contributed by atoms with Crippen molar-refractivity contribution >= 4 is 11.1 Å². The van der Waals surface area contributed by atoms with Crippen LogP contribution in [0.2, 0.25) is 0 Å². The van der Waals surface area contributed by atoms with E-state index in [1.54, 1.807) is 0 Å². The molecule has 2 heteroatoms. The number of aromatic nitrogens is 2. The fourth-order valence-corrected chi connectivity index (χ4v) is 2.81. The summed E-state index contributed by atoms with van der Waals surface area (Å²) >= 11 is 0. The van der Waals surface area contributed by atoms with E-state index in [0.717, 1.165) is 40.1 Å². The van der Waals surface area contributed by atoms with Crippen molar-refractivity contribution < 1.29 is 0 Å². The minimum Gasteiger partial charge on any atom is -0.256 e. The lowest BCUT2D eigenvalue weighted by molar-refractivity contribution is 1.22. The molecule has 2 nitrogen and oxygen atoms in total. The Morgan fingerprint density at radius 3 is 1.72 bits per heavy atom. The second-order valence-corrected chi connectivity index (χ2v) is 6.47. The summed E-state index contributed by atoms with van der Waals surface area (Å²) in [5.41, 5.74) is 6.35. The van der Waals surface area contributed by atoms with Gasteiger partial charge in [-0.25, -0.2) is 0 Å². The molecular formula is C27H30N2. The highest BCUT2D eigenvalue weighted by atomic mass is 14.7. The molecule has 0 atom stereocenters. The highest BCUT2D eigenvalue weighted by molar-refractivity contribution is 5.79. The number of hydrogen-bond acceptors (Lipinski definition) is 2. The van der Waals surface area contributed by atoms with Crippen molar-refractivity contribution in [2.75, 3.05) is 0 Å². The van der Waals surface area contributed by atoms with Crippen molar-refractivity contribution in [3.8, 4) is 11.1 Å². The van der Waals surface area contributed by atoms with Gasteiger partial charge in [0, 0.05) is 12.4 Å². The van der Waals surface area contributed by atoms with E-state index >= 15 is 0 Å². The summed E-state index contributed by atoms with van der Waals surface area (Å²) < 4.78 is 0. The molecule has 0 radical (unpaired) electrons. The van der Waals surface area contributed by atoms with Gasteiger partial charge in [-0.3, -0.25) is 9.97 Å². The van der Waals surface area contributed by atoms with Crippen LogP contribution in [0.25, 0.3) is 22.3 Å². The molecule has 0 unspecified atom stereocenters. The summed E-state index contributed by atoms with van der Waals surface area (Å²) in [6.07, 6.45) is 25.4. The molecule has 2 aromatic heterocycles. The first-order valence-electron chi connectivity index (χ1n) is 10.1. The van der Waals surface area contributed by atoms with Gasteiger partial charge in [-0.1, -0.05) is 67.7 Å². The summed E-state index contributed by atoms with van der Waals surface area (Å²) in [7, 11) is 0. The smallest absolute Gasteiger partial charge is 0.0708 e. The molecule has 29 heavy (non-hydrogen) atoms. The second kappa shape index (κ2) is 12.2. The molecule has 2 heterocycles. The Labute approximate surface area is 175 Å². The molecule has 0 aliphatic carbocycles. The Bertz CT molecular complexity index is 970. The van der Waals surface area contributed by atoms with Gasteiger partial charge in [-0.15, -0.1) is 0 Å². The summed E-state index contributed by atoms with van der Waals surface area (Å²) in [5.74, 6) is 0. The van der Waals surface area contributed by atoms with Crippen molar-refractivity contribution in [3.05, 3.63) is 109 Å². The van der Waals surface area contributed by atoms with Crippen LogP contribution in [-0.4, -0.2) is 9.97 Å². The minimum absolute atomic E-state index is 0.952. The molecule has 0 aliphatic heterocycles. The number of hydrogen-bond donors (Lipinski definition) is 0. The molecule has 0 aromatic carbocycles. The summed E-state index contributed by atoms with van der Waals surface area (Å²) in [5, 5.41) is 0. The van der Waals surface area contributed by atoms with Crippen LogP contribution in [0, 0.1) is 0 Å². The first-order chi connectivity index (χ1) is 14.2. The average Bonchev–Trinajstić information content (AvgIpc) is 2.77. The third-order valence-electron chi connectivity index (χ3n) is 4.26. The van der Waals surface area contributed by atoms with Crippen LogP contribution in [0.3, 0.4) is 0 Å². The molecule has 148 valence electrons. The molecule has 2 aromatic rings. The second-order valence-electron chi connectivity index (χ2n) is 6.47. The maximum Gasteiger partial charge on any atom is 0.0708 e. The van der Waals surface area contributed by atoms with E-state index in [1.807, 2.05) is 75.7 Å². The van der Waals surface area contributed by atoms with E-state index in [-0.39, 0.29) is 0 Å². The van der Waals surface area contributed by atoms with Crippen LogP contribution in [-0.2, 0) is 0 Å². The number of pyridine rings is 2. The van der Waals surface area contributed by atoms with Gasteiger partial charge in [-0.2, -0.15) is 0 Å². The lowest BCUT2D eigenvalue weighted by atomic mass is 10.0. The molecule has 0 saturated carbocycles. The monoisotopic (exact) mass is 382 g/mol. The Morgan fingerprint density at radius 2 is 1.28 bits per heavy atom. The molecule has 0 N–H and O–H groups in total. The van der Waals surface area contributed by atoms with Gasteiger partial charge in [0.25, 0.3) is 0 Å². The predicted molar refractivity (Wildman–Crippen MR) is 127 cm³/mol. The first kappa shape index (κ1) is 22.0. The van der Waals surface area contributed by atoms with Gasteiger partial charge in [-0.05, 0) is 73.7 Å². The number of allylic oxidation sites excluding steroid dienone is 12. The largest absolute Gasteiger partial charge is 0.256 e. The van der Waals surface area contributed by atoms with Crippen LogP contribution < -0.4 is 0 Å². The van der Waals surface area contributed by atoms with Crippen LogP contribution in [0.15, 0.2) is 97.4 Å². The number of rotatable bonds is 8. The van der Waals surface area contributed by atoms with Gasteiger partial charge in [0.2, 0.25) is 0 Å². The molecule has 0 amide bonds. The molecule has 0 bridgehead atoms. The van der Waals surface area contributed by atoms with Gasteiger partial charge < -0.3 is 0 Å². The van der Waals surface area contributed by atoms with Crippen molar-refractivity contribution in [1.82, 2.24) is 9.97 Å². The molecule has 0 fully saturated rings. The molecule has 0 saturated heterocycles. The van der Waals surface area contributed by atoms with Crippen LogP contribution in [0.4, 0.5) is 0 Å². The van der Waals surface area contributed by atoms with Gasteiger partial charge >= 0.3 is 0 Å². The Kier molecular flexibility index (Phi) is 9.31. The lowest BCUT2D eigenvalue weighted by Crippen LogP contribution is -1.91. The fourth-order valence-electron chi connectivity index (χ4n) is 2.81. The zero-order valence-electron chi connectivity index (χ0n) is 17.8. The minimum atomic E-state index is 0.952. The highest BCUT2D eigenvalue weighted by Gasteiger charge is 2.06. The molecule has 0 spiro atoms. The van der Waals surface area contributed by atoms with Crippen LogP contribution in [0.5, 0.6) is 0 Å². The van der Waals surface area contributed by atoms with E-state index in [0.29, 0.717) is 0 Å². The Balaban J connectivity index is 2.48. The van der Waals surface area contributed by atoms with Crippen LogP contribution in [0.1, 0.15) is 45.5 Å². The van der Waals surface area contributed by atoms with Crippen LogP contribution >= 0.6 is 0 Å². The fraction of sp³-hybridized carbons (Fsp3) is 0.185. The van der Waals surface area contributed by atoms with Crippen molar-refractivity contribution in [2.45, 2.75) is 34.1 Å². The predicted octanol–water partition coefficient (Wildman–Crippen LogP) is 7.60. The zero-order chi connectivity index (χ0) is 20.9. The SMILES string of the molecule is C\C=C/C=C(\C=C/C)c1cc(-c2ccnc(C(/C=C\CC)=C/C=C\C)c2)ccn1. The standard InChI is InChI=1S/C27H30N2/c1-5-9-13-22(12-8-4)26-20-24(16-18-28-26)25-17-19-29-27(21-25)23(14-10-6-2)15-11-7-3/h5-6,8-21H,7H2,1-4H3/b9-5-,10-6-,12-8-,15-11-,22-13+,23-14+. The normalized spacial score (nSPS) is 13.5. The van der Waals surface area contributed by atoms with E-state index in [1.165, 1.54) is 0 Å². The summed E-state index contributed by atoms with van der Waals surface area (Å²) in [4.78, 5) is 9.17. The van der Waals surface area contributed by atoms with E-state index in [2.05, 4.69) is 59.4 Å². The average molecular weight is 383 g/mol. The lowest BCUT2D eigenvalue weighted by Gasteiger charge is -2.08. The van der Waals surface area contributed by atoms with Crippen molar-refractivity contribution in [3.63, 3.8) is 0 Å². The molecule has 2 rings (SSSR count). The molecular weight excluding hydrogens is 352 g/mol. The maximum absolute atomic E-state index is 4.60. The summed E-state index contributed by atoms with van der Waals surface area (Å²) in [6, 6.07) is 8.36. The van der Waals surface area contributed by atoms with Crippen molar-refractivity contribution in [1.29, 1.82) is 0 Å². The summed E-state index contributed by atoms with van der Waals surface area (Å²) in [6.45, 7) is 8.18. The first-order valence-corrected chi connectivity index (χ1v) is 10.1. The topological polar surface area (TPSA) is 25.8 Å².